The normalized spacial score (nSPS) is 16.2. The van der Waals surface area contributed by atoms with E-state index in [0.29, 0.717) is 79.4 Å². The van der Waals surface area contributed by atoms with Crippen molar-refractivity contribution in [3.63, 3.8) is 0 Å². The summed E-state index contributed by atoms with van der Waals surface area (Å²) in [6, 6.07) is 5.84. The van der Waals surface area contributed by atoms with E-state index in [1.54, 1.807) is 36.9 Å². The van der Waals surface area contributed by atoms with Gasteiger partial charge in [0.1, 0.15) is 6.04 Å². The highest BCUT2D eigenvalue weighted by atomic mass is 32.2. The first kappa shape index (κ1) is 33.0. The third-order valence-electron chi connectivity index (χ3n) is 8.03. The van der Waals surface area contributed by atoms with E-state index < -0.39 is 12.1 Å². The second kappa shape index (κ2) is 15.2. The van der Waals surface area contributed by atoms with Crippen LogP contribution in [0, 0.1) is 0 Å². The van der Waals surface area contributed by atoms with Crippen LogP contribution in [-0.4, -0.2) is 81.6 Å². The number of thioether (sulfide) groups is 1. The van der Waals surface area contributed by atoms with Gasteiger partial charge in [0.2, 0.25) is 28.9 Å². The minimum absolute atomic E-state index is 0.107. The number of methoxy groups -OCH3 is 3. The molecule has 1 fully saturated rings. The molecule has 1 heterocycles. The van der Waals surface area contributed by atoms with Gasteiger partial charge in [-0.1, -0.05) is 6.07 Å². The Kier molecular flexibility index (Phi) is 11.4. The van der Waals surface area contributed by atoms with E-state index >= 15 is 0 Å². The van der Waals surface area contributed by atoms with Crippen LogP contribution in [0.4, 0.5) is 5.69 Å². The number of nitrogens with one attached hydrogen (secondary N) is 3. The minimum Gasteiger partial charge on any atom is -0.493 e. The third kappa shape index (κ3) is 7.40. The first-order valence-electron chi connectivity index (χ1n) is 14.8. The van der Waals surface area contributed by atoms with E-state index in [4.69, 9.17) is 14.2 Å². The van der Waals surface area contributed by atoms with E-state index in [1.165, 1.54) is 20.1 Å². The number of carbonyl (C=O) groups excluding carboxylic acids is 3. The number of carbonyl (C=O) groups is 3. The second-order valence-electron chi connectivity index (χ2n) is 10.8. The average molecular weight is 627 g/mol. The van der Waals surface area contributed by atoms with Gasteiger partial charge in [-0.2, -0.15) is 11.8 Å². The van der Waals surface area contributed by atoms with Crippen molar-refractivity contribution in [3.8, 4) is 28.4 Å². The molecule has 2 aromatic carbocycles. The highest BCUT2D eigenvalue weighted by molar-refractivity contribution is 7.98. The van der Waals surface area contributed by atoms with Gasteiger partial charge in [0.15, 0.2) is 11.5 Å². The van der Waals surface area contributed by atoms with Crippen molar-refractivity contribution in [1.29, 1.82) is 0 Å². The number of fused-ring (bicyclic) bond motifs is 3. The van der Waals surface area contributed by atoms with Crippen molar-refractivity contribution in [3.05, 3.63) is 45.6 Å². The number of benzene rings is 1. The predicted molar refractivity (Wildman–Crippen MR) is 172 cm³/mol. The molecule has 0 spiro atoms. The lowest BCUT2D eigenvalue weighted by molar-refractivity contribution is -0.128. The van der Waals surface area contributed by atoms with Gasteiger partial charge in [0.05, 0.1) is 33.1 Å². The molecule has 12 heteroatoms. The molecule has 0 unspecified atom stereocenters. The highest BCUT2D eigenvalue weighted by Gasteiger charge is 2.30. The number of ether oxygens (including phenoxy) is 3. The SMILES string of the molecule is COc1cc2c(c(OC)c1OC)-c1ccc(N[C@H](CCSC)C(=O)NCCN3CCCC3=O)c(=O)cc1[C@H](NC(C)=O)CC2. The van der Waals surface area contributed by atoms with Gasteiger partial charge in [-0.3, -0.25) is 19.2 Å². The van der Waals surface area contributed by atoms with Crippen LogP contribution in [0.2, 0.25) is 0 Å². The summed E-state index contributed by atoms with van der Waals surface area (Å²) in [7, 11) is 4.65. The van der Waals surface area contributed by atoms with Crippen molar-refractivity contribution in [2.45, 2.75) is 51.1 Å². The zero-order valence-corrected chi connectivity index (χ0v) is 26.9. The fourth-order valence-corrected chi connectivity index (χ4v) is 6.37. The Hall–Kier alpha value is -3.93. The number of hydrogen-bond acceptors (Lipinski definition) is 9. The number of amides is 3. The number of aryl methyl sites for hydroxylation is 1. The molecule has 44 heavy (non-hydrogen) atoms. The molecule has 3 N–H and O–H groups in total. The van der Waals surface area contributed by atoms with Gasteiger partial charge in [-0.05, 0) is 72.6 Å². The van der Waals surface area contributed by atoms with Crippen molar-refractivity contribution < 1.29 is 28.6 Å². The first-order chi connectivity index (χ1) is 21.2. The van der Waals surface area contributed by atoms with Crippen LogP contribution < -0.4 is 35.6 Å². The topological polar surface area (TPSA) is 135 Å². The standard InChI is InChI=1S/C32H42N4O7S/c1-19(37)34-23-10-8-20-17-27(41-2)30(42-3)31(43-4)29(20)21-9-11-24(26(38)18-22(21)23)35-25(12-16-44-5)32(40)33-13-15-36-14-6-7-28(36)39/h9,11,17-18,23,25H,6-8,10,12-16H2,1-5H3,(H,33,40)(H,34,37)(H,35,38)/t23-,25-/m1/s1. The predicted octanol–water partition coefficient (Wildman–Crippen LogP) is 3.14. The number of hydrogen-bond donors (Lipinski definition) is 3. The number of likely N-dealkylation sites (tertiary alicyclic amines) is 1. The summed E-state index contributed by atoms with van der Waals surface area (Å²) in [5.74, 6) is 1.77. The van der Waals surface area contributed by atoms with Crippen LogP contribution in [0.15, 0.2) is 29.1 Å². The maximum absolute atomic E-state index is 13.7. The summed E-state index contributed by atoms with van der Waals surface area (Å²) in [4.78, 5) is 53.0. The van der Waals surface area contributed by atoms with Crippen LogP contribution in [0.3, 0.4) is 0 Å². The Morgan fingerprint density at radius 3 is 2.48 bits per heavy atom. The van der Waals surface area contributed by atoms with Crippen LogP contribution in [0.1, 0.15) is 49.8 Å². The van der Waals surface area contributed by atoms with Crippen LogP contribution in [0.5, 0.6) is 17.2 Å². The molecule has 0 bridgehead atoms. The van der Waals surface area contributed by atoms with Gasteiger partial charge in [-0.15, -0.1) is 0 Å². The number of rotatable bonds is 13. The molecule has 1 saturated heterocycles. The quantitative estimate of drug-likeness (QED) is 0.307. The molecule has 3 amide bonds. The van der Waals surface area contributed by atoms with E-state index in [-0.39, 0.29) is 28.8 Å². The zero-order chi connectivity index (χ0) is 31.8. The van der Waals surface area contributed by atoms with Gasteiger partial charge < -0.3 is 35.1 Å². The van der Waals surface area contributed by atoms with Gasteiger partial charge in [-0.25, -0.2) is 0 Å². The van der Waals surface area contributed by atoms with E-state index in [1.807, 2.05) is 18.4 Å². The molecule has 4 rings (SSSR count). The fraction of sp³-hybridized carbons (Fsp3) is 0.500. The smallest absolute Gasteiger partial charge is 0.242 e. The lowest BCUT2D eigenvalue weighted by atomic mass is 9.95. The van der Waals surface area contributed by atoms with E-state index in [0.717, 1.165) is 17.5 Å². The molecule has 2 atom stereocenters. The third-order valence-corrected chi connectivity index (χ3v) is 8.67. The molecular formula is C32H42N4O7S. The second-order valence-corrected chi connectivity index (χ2v) is 11.8. The Balaban J connectivity index is 1.73. The summed E-state index contributed by atoms with van der Waals surface area (Å²) in [5, 5.41) is 9.14. The van der Waals surface area contributed by atoms with Gasteiger partial charge in [0, 0.05) is 38.5 Å². The molecule has 11 nitrogen and oxygen atoms in total. The highest BCUT2D eigenvalue weighted by Crippen LogP contribution is 2.50. The fourth-order valence-electron chi connectivity index (χ4n) is 5.90. The molecule has 1 aliphatic carbocycles. The molecule has 2 aromatic rings. The summed E-state index contributed by atoms with van der Waals surface area (Å²) in [6.07, 6.45) is 4.98. The van der Waals surface area contributed by atoms with Crippen LogP contribution in [-0.2, 0) is 20.8 Å². The average Bonchev–Trinajstić information content (AvgIpc) is 3.27. The number of anilines is 1. The maximum Gasteiger partial charge on any atom is 0.242 e. The largest absolute Gasteiger partial charge is 0.493 e. The minimum atomic E-state index is -0.663. The Bertz CT molecular complexity index is 1450. The van der Waals surface area contributed by atoms with Crippen molar-refractivity contribution >= 4 is 35.2 Å². The monoisotopic (exact) mass is 626 g/mol. The Labute approximate surface area is 262 Å². The van der Waals surface area contributed by atoms with Crippen molar-refractivity contribution in [1.82, 2.24) is 15.5 Å². The molecule has 0 radical (unpaired) electrons. The Morgan fingerprint density at radius 2 is 1.84 bits per heavy atom. The maximum atomic E-state index is 13.7. The van der Waals surface area contributed by atoms with E-state index in [2.05, 4.69) is 16.0 Å². The Morgan fingerprint density at radius 1 is 1.07 bits per heavy atom. The van der Waals surface area contributed by atoms with E-state index in [9.17, 15) is 19.2 Å². The first-order valence-corrected chi connectivity index (χ1v) is 16.2. The number of nitrogens with zero attached hydrogens (tertiary/aromatic N) is 1. The summed E-state index contributed by atoms with van der Waals surface area (Å²) in [6.45, 7) is 2.95. The molecule has 2 aliphatic rings. The molecular weight excluding hydrogens is 584 g/mol. The van der Waals surface area contributed by atoms with Crippen LogP contribution >= 0.6 is 11.8 Å². The summed E-state index contributed by atoms with van der Waals surface area (Å²) in [5.41, 5.74) is 2.98. The lowest BCUT2D eigenvalue weighted by Crippen LogP contribution is -2.44. The molecule has 0 aromatic heterocycles. The van der Waals surface area contributed by atoms with Crippen LogP contribution in [0.25, 0.3) is 11.1 Å². The van der Waals surface area contributed by atoms with Crippen molar-refractivity contribution in [2.75, 3.05) is 58.3 Å². The molecule has 1 aliphatic heterocycles. The van der Waals surface area contributed by atoms with Crippen molar-refractivity contribution in [2.24, 2.45) is 0 Å². The molecule has 0 saturated carbocycles. The summed E-state index contributed by atoms with van der Waals surface area (Å²) >= 11 is 1.61. The zero-order valence-electron chi connectivity index (χ0n) is 26.0. The lowest BCUT2D eigenvalue weighted by Gasteiger charge is -2.20. The van der Waals surface area contributed by atoms with Gasteiger partial charge >= 0.3 is 0 Å². The molecule has 238 valence electrons. The van der Waals surface area contributed by atoms with Gasteiger partial charge in [0.25, 0.3) is 0 Å². The summed E-state index contributed by atoms with van der Waals surface area (Å²) < 4.78 is 17.1.